The monoisotopic (exact) mass is 142 g/mol. The first-order valence-electron chi connectivity index (χ1n) is 3.22. The number of rotatable bonds is 2. The molecule has 1 aliphatic heterocycles. The number of amides is 1. The molecule has 0 saturated carbocycles. The minimum absolute atomic E-state index is 0.00926. The lowest BCUT2D eigenvalue weighted by molar-refractivity contribution is -0.118. The molecule has 1 amide bonds. The third-order valence-electron chi connectivity index (χ3n) is 1.51. The van der Waals surface area contributed by atoms with Crippen LogP contribution in [0.15, 0.2) is 0 Å². The average Bonchev–Trinajstić information content (AvgIpc) is 2.13. The molecule has 1 heterocycles. The highest BCUT2D eigenvalue weighted by Crippen LogP contribution is 2.04. The van der Waals surface area contributed by atoms with E-state index in [0.29, 0.717) is 13.0 Å². The van der Waals surface area contributed by atoms with Crippen LogP contribution in [0.2, 0.25) is 0 Å². The van der Waals surface area contributed by atoms with Crippen LogP contribution in [0, 0.1) is 0 Å². The Bertz CT molecular complexity index is 167. The van der Waals surface area contributed by atoms with Crippen LogP contribution in [0.4, 0.5) is 0 Å². The Morgan fingerprint density at radius 3 is 2.90 bits per heavy atom. The maximum absolute atomic E-state index is 10.6. The van der Waals surface area contributed by atoms with Gasteiger partial charge in [-0.1, -0.05) is 0 Å². The van der Waals surface area contributed by atoms with Crippen LogP contribution in [0.5, 0.6) is 0 Å². The van der Waals surface area contributed by atoms with E-state index in [2.05, 4.69) is 5.32 Å². The van der Waals surface area contributed by atoms with Gasteiger partial charge in [0, 0.05) is 18.9 Å². The number of carbonyl (C=O) groups excluding carboxylic acids is 2. The molecule has 3 N–H and O–H groups in total. The Kier molecular flexibility index (Phi) is 2.01. The summed E-state index contributed by atoms with van der Waals surface area (Å²) in [6.45, 7) is 0.387. The van der Waals surface area contributed by atoms with E-state index in [-0.39, 0.29) is 24.2 Å². The molecule has 0 aromatic carbocycles. The number of carbonyl (C=O) groups is 2. The zero-order chi connectivity index (χ0) is 7.56. The van der Waals surface area contributed by atoms with Crippen LogP contribution < -0.4 is 11.1 Å². The summed E-state index contributed by atoms with van der Waals surface area (Å²) in [5.74, 6) is -0.196. The molecule has 4 heteroatoms. The normalized spacial score (nSPS) is 25.2. The number of hydrogen-bond donors (Lipinski definition) is 2. The first kappa shape index (κ1) is 7.21. The zero-order valence-corrected chi connectivity index (χ0v) is 5.59. The highest BCUT2D eigenvalue weighted by molar-refractivity contribution is 5.84. The van der Waals surface area contributed by atoms with Crippen molar-refractivity contribution in [3.8, 4) is 0 Å². The number of ketones is 1. The molecule has 0 aromatic rings. The fraction of sp³-hybridized carbons (Fsp3) is 0.667. The quantitative estimate of drug-likeness (QED) is 0.508. The number of nitrogens with one attached hydrogen (secondary N) is 1. The van der Waals surface area contributed by atoms with E-state index in [1.807, 2.05) is 0 Å². The second-order valence-corrected chi connectivity index (χ2v) is 2.49. The molecule has 0 aromatic heterocycles. The molecule has 1 rings (SSSR count). The maximum atomic E-state index is 10.6. The molecule has 1 fully saturated rings. The molecule has 1 unspecified atom stereocenters. The second kappa shape index (κ2) is 2.79. The predicted octanol–water partition coefficient (Wildman–Crippen LogP) is -1.21. The Morgan fingerprint density at radius 2 is 2.50 bits per heavy atom. The van der Waals surface area contributed by atoms with E-state index in [4.69, 9.17) is 5.73 Å². The highest BCUT2D eigenvalue weighted by Gasteiger charge is 2.22. The average molecular weight is 142 g/mol. The maximum Gasteiger partial charge on any atom is 0.218 e. The van der Waals surface area contributed by atoms with Gasteiger partial charge >= 0.3 is 0 Å². The first-order chi connectivity index (χ1) is 4.68. The molecule has 56 valence electrons. The molecule has 1 saturated heterocycles. The smallest absolute Gasteiger partial charge is 0.218 e. The summed E-state index contributed by atoms with van der Waals surface area (Å²) < 4.78 is 0. The van der Waals surface area contributed by atoms with Crippen molar-refractivity contribution >= 4 is 11.7 Å². The Labute approximate surface area is 58.8 Å². The van der Waals surface area contributed by atoms with Gasteiger partial charge in [0.05, 0.1) is 6.54 Å². The van der Waals surface area contributed by atoms with Crippen LogP contribution in [-0.4, -0.2) is 24.3 Å². The van der Waals surface area contributed by atoms with Gasteiger partial charge < -0.3 is 11.1 Å². The standard InChI is InChI=1S/C6H10N2O2/c7-6(10)2-4-1-5(9)3-8-4/h4,8H,1-3H2,(H2,7,10). The van der Waals surface area contributed by atoms with Crippen molar-refractivity contribution in [3.63, 3.8) is 0 Å². The molecule has 10 heavy (non-hydrogen) atoms. The molecular formula is C6H10N2O2. The Balaban J connectivity index is 2.31. The van der Waals surface area contributed by atoms with Crippen molar-refractivity contribution in [2.24, 2.45) is 5.73 Å². The molecule has 0 radical (unpaired) electrons. The van der Waals surface area contributed by atoms with E-state index in [1.54, 1.807) is 0 Å². The molecule has 4 nitrogen and oxygen atoms in total. The van der Waals surface area contributed by atoms with Crippen molar-refractivity contribution in [1.29, 1.82) is 0 Å². The topological polar surface area (TPSA) is 72.2 Å². The summed E-state index contributed by atoms with van der Waals surface area (Å²) in [5.41, 5.74) is 4.93. The van der Waals surface area contributed by atoms with E-state index in [1.165, 1.54) is 0 Å². The van der Waals surface area contributed by atoms with Crippen molar-refractivity contribution < 1.29 is 9.59 Å². The minimum Gasteiger partial charge on any atom is -0.370 e. The van der Waals surface area contributed by atoms with Gasteiger partial charge in [0.25, 0.3) is 0 Å². The van der Waals surface area contributed by atoms with Crippen molar-refractivity contribution in [2.75, 3.05) is 6.54 Å². The molecule has 0 bridgehead atoms. The summed E-state index contributed by atoms with van der Waals surface area (Å²) in [5, 5.41) is 2.89. The summed E-state index contributed by atoms with van der Waals surface area (Å²) in [6, 6.07) is -0.00926. The summed E-state index contributed by atoms with van der Waals surface area (Å²) in [4.78, 5) is 21.0. The Morgan fingerprint density at radius 1 is 1.80 bits per heavy atom. The zero-order valence-electron chi connectivity index (χ0n) is 5.59. The van der Waals surface area contributed by atoms with Gasteiger partial charge in [-0.25, -0.2) is 0 Å². The number of nitrogens with two attached hydrogens (primary N) is 1. The Hall–Kier alpha value is -0.900. The largest absolute Gasteiger partial charge is 0.370 e. The van der Waals surface area contributed by atoms with E-state index in [9.17, 15) is 9.59 Å². The third-order valence-corrected chi connectivity index (χ3v) is 1.51. The highest BCUT2D eigenvalue weighted by atomic mass is 16.1. The lowest BCUT2D eigenvalue weighted by Gasteiger charge is -2.03. The van der Waals surface area contributed by atoms with E-state index in [0.717, 1.165) is 0 Å². The second-order valence-electron chi connectivity index (χ2n) is 2.49. The fourth-order valence-corrected chi connectivity index (χ4v) is 1.06. The molecule has 0 spiro atoms. The van der Waals surface area contributed by atoms with Gasteiger partial charge in [-0.3, -0.25) is 9.59 Å². The summed E-state index contributed by atoms with van der Waals surface area (Å²) in [6.07, 6.45) is 0.717. The summed E-state index contributed by atoms with van der Waals surface area (Å²) >= 11 is 0. The first-order valence-corrected chi connectivity index (χ1v) is 3.22. The van der Waals surface area contributed by atoms with Crippen molar-refractivity contribution in [1.82, 2.24) is 5.32 Å². The van der Waals surface area contributed by atoms with Crippen molar-refractivity contribution in [3.05, 3.63) is 0 Å². The number of hydrogen-bond acceptors (Lipinski definition) is 3. The molecular weight excluding hydrogens is 132 g/mol. The number of primary amides is 1. The molecule has 1 aliphatic rings. The number of Topliss-reactive ketones (excluding diaryl/α,β-unsaturated/α-hetero) is 1. The van der Waals surface area contributed by atoms with Crippen molar-refractivity contribution in [2.45, 2.75) is 18.9 Å². The molecule has 0 aliphatic carbocycles. The lowest BCUT2D eigenvalue weighted by Crippen LogP contribution is -2.27. The van der Waals surface area contributed by atoms with Crippen LogP contribution >= 0.6 is 0 Å². The van der Waals surface area contributed by atoms with Gasteiger partial charge in [-0.2, -0.15) is 0 Å². The summed E-state index contributed by atoms with van der Waals surface area (Å²) in [7, 11) is 0. The fourth-order valence-electron chi connectivity index (χ4n) is 1.06. The van der Waals surface area contributed by atoms with Crippen LogP contribution in [0.25, 0.3) is 0 Å². The van der Waals surface area contributed by atoms with Gasteiger partial charge in [0.1, 0.15) is 5.78 Å². The van der Waals surface area contributed by atoms with Gasteiger partial charge in [-0.15, -0.1) is 0 Å². The predicted molar refractivity (Wildman–Crippen MR) is 35.2 cm³/mol. The van der Waals surface area contributed by atoms with Gasteiger partial charge in [0.15, 0.2) is 0 Å². The van der Waals surface area contributed by atoms with Gasteiger partial charge in [0.2, 0.25) is 5.91 Å². The minimum atomic E-state index is -0.354. The van der Waals surface area contributed by atoms with Crippen LogP contribution in [0.1, 0.15) is 12.8 Å². The van der Waals surface area contributed by atoms with Crippen LogP contribution in [0.3, 0.4) is 0 Å². The molecule has 1 atom stereocenters. The SMILES string of the molecule is NC(=O)CC1CC(=O)CN1. The lowest BCUT2D eigenvalue weighted by atomic mass is 10.1. The van der Waals surface area contributed by atoms with Gasteiger partial charge in [-0.05, 0) is 0 Å². The van der Waals surface area contributed by atoms with E-state index < -0.39 is 0 Å². The van der Waals surface area contributed by atoms with Crippen LogP contribution in [-0.2, 0) is 9.59 Å². The third kappa shape index (κ3) is 1.80. The van der Waals surface area contributed by atoms with E-state index >= 15 is 0 Å².